The Morgan fingerprint density at radius 1 is 1.29 bits per heavy atom. The first kappa shape index (κ1) is 25.3. The molecule has 2 heterocycles. The maximum absolute atomic E-state index is 13.3. The highest BCUT2D eigenvalue weighted by Gasteiger charge is 2.57. The molecule has 0 amide bonds. The van der Waals surface area contributed by atoms with Gasteiger partial charge in [-0.2, -0.15) is 8.78 Å². The molecule has 35 heavy (non-hydrogen) atoms. The lowest BCUT2D eigenvalue weighted by Gasteiger charge is -2.34. The van der Waals surface area contributed by atoms with Crippen LogP contribution in [-0.2, 0) is 24.1 Å². The quantitative estimate of drug-likeness (QED) is 0.268. The van der Waals surface area contributed by atoms with Crippen LogP contribution in [0.3, 0.4) is 0 Å². The van der Waals surface area contributed by atoms with Gasteiger partial charge in [0.05, 0.1) is 42.2 Å². The summed E-state index contributed by atoms with van der Waals surface area (Å²) in [6, 6.07) is 7.41. The molecule has 1 aromatic heterocycles. The molecule has 13 heteroatoms. The minimum atomic E-state index is -3.73. The number of morpholine rings is 1. The van der Waals surface area contributed by atoms with E-state index in [1.54, 1.807) is 6.07 Å². The highest BCUT2D eigenvalue weighted by molar-refractivity contribution is 7.92. The molecule has 1 saturated carbocycles. The number of benzene rings is 1. The molecule has 2 aliphatic rings. The predicted octanol–water partition coefficient (Wildman–Crippen LogP) is 3.31. The number of rotatable bonds is 10. The number of ether oxygens (including phenoxy) is 2. The van der Waals surface area contributed by atoms with Crippen LogP contribution in [0.1, 0.15) is 31.9 Å². The van der Waals surface area contributed by atoms with Gasteiger partial charge in [0.2, 0.25) is 0 Å². The normalized spacial score (nSPS) is 19.7. The Morgan fingerprint density at radius 2 is 2.00 bits per heavy atom. The summed E-state index contributed by atoms with van der Waals surface area (Å²) < 4.78 is 59.5. The van der Waals surface area contributed by atoms with Gasteiger partial charge in [0, 0.05) is 30.3 Å². The summed E-state index contributed by atoms with van der Waals surface area (Å²) in [5, 5.41) is 11.0. The van der Waals surface area contributed by atoms with Crippen LogP contribution in [0.5, 0.6) is 0 Å². The van der Waals surface area contributed by atoms with E-state index in [4.69, 9.17) is 4.74 Å². The van der Waals surface area contributed by atoms with Crippen LogP contribution < -0.4 is 4.90 Å². The van der Waals surface area contributed by atoms with E-state index in [0.29, 0.717) is 49.7 Å². The van der Waals surface area contributed by atoms with E-state index in [1.807, 2.05) is 11.8 Å². The summed E-state index contributed by atoms with van der Waals surface area (Å²) >= 11 is 0. The first-order valence-corrected chi connectivity index (χ1v) is 12.9. The maximum atomic E-state index is 13.3. The Labute approximate surface area is 201 Å². The van der Waals surface area contributed by atoms with E-state index in [0.717, 1.165) is 0 Å². The first-order valence-electron chi connectivity index (χ1n) is 11.2. The topological polar surface area (TPSA) is 125 Å². The third-order valence-corrected chi connectivity index (χ3v) is 8.91. The monoisotopic (exact) mass is 512 g/mol. The molecule has 1 aromatic carbocycles. The van der Waals surface area contributed by atoms with Crippen LogP contribution in [0.2, 0.25) is 0 Å². The van der Waals surface area contributed by atoms with Crippen molar-refractivity contribution in [3.05, 3.63) is 46.1 Å². The SMILES string of the molecule is C[C@H]1COCCN1c1cc(C2(S(=O)(=O)CCCOC(F)F)CC2)nc(-c2ccc([N+](=O)[O-])cc2)n1. The fraction of sp³-hybridized carbons (Fsp3) is 0.545. The van der Waals surface area contributed by atoms with E-state index in [1.165, 1.54) is 24.3 Å². The van der Waals surface area contributed by atoms with E-state index in [9.17, 15) is 27.3 Å². The van der Waals surface area contributed by atoms with Gasteiger partial charge in [0.1, 0.15) is 10.6 Å². The number of non-ortho nitro benzene ring substituents is 1. The third kappa shape index (κ3) is 5.41. The second-order valence-corrected chi connectivity index (χ2v) is 11.1. The Morgan fingerprint density at radius 3 is 2.60 bits per heavy atom. The molecule has 10 nitrogen and oxygen atoms in total. The Balaban J connectivity index is 1.71. The summed E-state index contributed by atoms with van der Waals surface area (Å²) in [6.07, 6.45) is 0.668. The average molecular weight is 513 g/mol. The molecule has 190 valence electrons. The molecular weight excluding hydrogens is 486 g/mol. The zero-order chi connectivity index (χ0) is 25.2. The van der Waals surface area contributed by atoms with E-state index in [2.05, 4.69) is 14.7 Å². The fourth-order valence-corrected chi connectivity index (χ4v) is 6.24. The summed E-state index contributed by atoms with van der Waals surface area (Å²) in [6.45, 7) is 0.198. The minimum Gasteiger partial charge on any atom is -0.377 e. The minimum absolute atomic E-state index is 0.00512. The third-order valence-electron chi connectivity index (χ3n) is 6.28. The lowest BCUT2D eigenvalue weighted by atomic mass is 10.1. The highest BCUT2D eigenvalue weighted by atomic mass is 32.2. The first-order chi connectivity index (χ1) is 16.6. The summed E-state index contributed by atoms with van der Waals surface area (Å²) in [4.78, 5) is 21.8. The molecule has 1 aliphatic heterocycles. The molecule has 0 spiro atoms. The van der Waals surface area contributed by atoms with Crippen LogP contribution >= 0.6 is 0 Å². The lowest BCUT2D eigenvalue weighted by Crippen LogP contribution is -2.44. The zero-order valence-corrected chi connectivity index (χ0v) is 19.9. The molecular formula is C22H26F2N4O6S. The van der Waals surface area contributed by atoms with Gasteiger partial charge in [-0.05, 0) is 38.3 Å². The number of hydrogen-bond donors (Lipinski definition) is 0. The lowest BCUT2D eigenvalue weighted by molar-refractivity contribution is -0.384. The highest BCUT2D eigenvalue weighted by Crippen LogP contribution is 2.53. The summed E-state index contributed by atoms with van der Waals surface area (Å²) in [7, 11) is -3.73. The van der Waals surface area contributed by atoms with Crippen LogP contribution in [-0.4, -0.2) is 68.1 Å². The van der Waals surface area contributed by atoms with Crippen LogP contribution in [0.25, 0.3) is 11.4 Å². The van der Waals surface area contributed by atoms with Crippen LogP contribution in [0.4, 0.5) is 20.3 Å². The number of aromatic nitrogens is 2. The standard InChI is InChI=1S/C22H26F2N4O6S/c1-15-14-33-11-9-27(15)19-13-18(22(7-8-22)35(31,32)12-2-10-34-21(23)24)25-20(26-19)16-3-5-17(6-4-16)28(29)30/h3-6,13,15,21H,2,7-12,14H2,1H3/t15-/m0/s1. The van der Waals surface area contributed by atoms with Gasteiger partial charge in [0.25, 0.3) is 5.69 Å². The van der Waals surface area contributed by atoms with Crippen molar-refractivity contribution >= 4 is 21.3 Å². The molecule has 4 rings (SSSR count). The second kappa shape index (κ2) is 10.1. The van der Waals surface area contributed by atoms with Crippen molar-refractivity contribution in [2.45, 2.75) is 43.6 Å². The number of nitrogens with zero attached hydrogens (tertiary/aromatic N) is 4. The van der Waals surface area contributed by atoms with E-state index >= 15 is 0 Å². The number of nitro benzene ring substituents is 1. The largest absolute Gasteiger partial charge is 0.377 e. The summed E-state index contributed by atoms with van der Waals surface area (Å²) in [5.41, 5.74) is 0.765. The van der Waals surface area contributed by atoms with Gasteiger partial charge in [-0.15, -0.1) is 0 Å². The summed E-state index contributed by atoms with van der Waals surface area (Å²) in [5.74, 6) is 0.495. The van der Waals surface area contributed by atoms with Crippen LogP contribution in [0.15, 0.2) is 30.3 Å². The Hall–Kier alpha value is -2.77. The Kier molecular flexibility index (Phi) is 7.29. The molecule has 1 atom stereocenters. The number of anilines is 1. The number of halogens is 2. The van der Waals surface area contributed by atoms with Gasteiger partial charge < -0.3 is 14.4 Å². The molecule has 1 aliphatic carbocycles. The van der Waals surface area contributed by atoms with Gasteiger partial charge in [-0.25, -0.2) is 18.4 Å². The van der Waals surface area contributed by atoms with Crippen molar-refractivity contribution in [2.75, 3.05) is 37.0 Å². The number of alkyl halides is 2. The number of hydrogen-bond acceptors (Lipinski definition) is 9. The molecule has 0 radical (unpaired) electrons. The maximum Gasteiger partial charge on any atom is 0.345 e. The van der Waals surface area contributed by atoms with Gasteiger partial charge in [-0.3, -0.25) is 10.1 Å². The molecule has 2 fully saturated rings. The molecule has 0 unspecified atom stereocenters. The van der Waals surface area contributed by atoms with E-state index in [-0.39, 0.29) is 36.3 Å². The second-order valence-electron chi connectivity index (χ2n) is 8.65. The Bertz CT molecular complexity index is 1170. The van der Waals surface area contributed by atoms with Gasteiger partial charge in [0.15, 0.2) is 15.7 Å². The number of sulfone groups is 1. The smallest absolute Gasteiger partial charge is 0.345 e. The van der Waals surface area contributed by atoms with E-state index < -0.39 is 26.1 Å². The molecule has 0 bridgehead atoms. The van der Waals surface area contributed by atoms with Gasteiger partial charge >= 0.3 is 6.61 Å². The molecule has 2 aromatic rings. The number of nitro groups is 1. The molecule has 0 N–H and O–H groups in total. The van der Waals surface area contributed by atoms with Crippen molar-refractivity contribution in [3.8, 4) is 11.4 Å². The van der Waals surface area contributed by atoms with Crippen molar-refractivity contribution in [1.29, 1.82) is 0 Å². The molecule has 1 saturated heterocycles. The van der Waals surface area contributed by atoms with Crippen LogP contribution in [0, 0.1) is 10.1 Å². The fourth-order valence-electron chi connectivity index (χ4n) is 4.20. The van der Waals surface area contributed by atoms with Crippen molar-refractivity contribution in [3.63, 3.8) is 0 Å². The van der Waals surface area contributed by atoms with Gasteiger partial charge in [-0.1, -0.05) is 0 Å². The van der Waals surface area contributed by atoms with Crippen molar-refractivity contribution in [1.82, 2.24) is 9.97 Å². The van der Waals surface area contributed by atoms with Crippen molar-refractivity contribution in [2.24, 2.45) is 0 Å². The average Bonchev–Trinajstić information content (AvgIpc) is 3.65. The predicted molar refractivity (Wildman–Crippen MR) is 123 cm³/mol. The van der Waals surface area contributed by atoms with Crippen molar-refractivity contribution < 1.29 is 31.6 Å². The zero-order valence-electron chi connectivity index (χ0n) is 19.1.